The van der Waals surface area contributed by atoms with Gasteiger partial charge in [0, 0.05) is 6.20 Å². The molecule has 0 saturated heterocycles. The number of nitrogens with zero attached hydrogens (tertiary/aromatic N) is 2. The lowest BCUT2D eigenvalue weighted by Crippen LogP contribution is -2.48. The summed E-state index contributed by atoms with van der Waals surface area (Å²) in [6, 6.07) is 1.54. The molecular formula is C9H13ClN4O. The van der Waals surface area contributed by atoms with E-state index in [2.05, 4.69) is 20.6 Å². The maximum atomic E-state index is 11.7. The summed E-state index contributed by atoms with van der Waals surface area (Å²) in [5.74, 6) is -0.0110. The fraction of sp³-hybridized carbons (Fsp3) is 0.444. The van der Waals surface area contributed by atoms with Crippen molar-refractivity contribution >= 4 is 23.5 Å². The second-order valence-corrected chi connectivity index (χ2v) is 3.92. The first-order valence-electron chi connectivity index (χ1n) is 4.44. The summed E-state index contributed by atoms with van der Waals surface area (Å²) in [6.07, 6.45) is 1.48. The van der Waals surface area contributed by atoms with Gasteiger partial charge in [0.1, 0.15) is 5.15 Å². The van der Waals surface area contributed by atoms with Gasteiger partial charge < -0.3 is 5.32 Å². The van der Waals surface area contributed by atoms with Crippen LogP contribution in [0.3, 0.4) is 0 Å². The summed E-state index contributed by atoms with van der Waals surface area (Å²) in [5, 5.41) is 5.74. The SMILES string of the molecule is CNC(C)(C)C(=O)Nc1nccc(Cl)n1. The molecule has 0 spiro atoms. The number of aromatic nitrogens is 2. The number of rotatable bonds is 3. The summed E-state index contributed by atoms with van der Waals surface area (Å²) in [6.45, 7) is 3.51. The van der Waals surface area contributed by atoms with Crippen molar-refractivity contribution < 1.29 is 4.79 Å². The van der Waals surface area contributed by atoms with Gasteiger partial charge in [-0.05, 0) is 27.0 Å². The zero-order valence-corrected chi connectivity index (χ0v) is 9.59. The number of hydrogen-bond donors (Lipinski definition) is 2. The van der Waals surface area contributed by atoms with E-state index in [9.17, 15) is 4.79 Å². The van der Waals surface area contributed by atoms with Crippen molar-refractivity contribution in [3.8, 4) is 0 Å². The highest BCUT2D eigenvalue weighted by Crippen LogP contribution is 2.08. The van der Waals surface area contributed by atoms with Gasteiger partial charge in [-0.2, -0.15) is 0 Å². The first kappa shape index (κ1) is 11.9. The normalized spacial score (nSPS) is 11.2. The van der Waals surface area contributed by atoms with Gasteiger partial charge in [0.15, 0.2) is 0 Å². The van der Waals surface area contributed by atoms with Crippen LogP contribution in [0.1, 0.15) is 13.8 Å². The predicted molar refractivity (Wildman–Crippen MR) is 58.8 cm³/mol. The predicted octanol–water partition coefficient (Wildman–Crippen LogP) is 1.07. The maximum Gasteiger partial charge on any atom is 0.246 e. The molecule has 0 aliphatic heterocycles. The molecule has 82 valence electrons. The number of likely N-dealkylation sites (N-methyl/N-ethyl adjacent to an activating group) is 1. The van der Waals surface area contributed by atoms with Crippen LogP contribution in [0.2, 0.25) is 5.15 Å². The number of halogens is 1. The average molecular weight is 229 g/mol. The molecule has 6 heteroatoms. The van der Waals surface area contributed by atoms with E-state index in [-0.39, 0.29) is 11.9 Å². The number of amides is 1. The van der Waals surface area contributed by atoms with E-state index >= 15 is 0 Å². The molecule has 0 fully saturated rings. The van der Waals surface area contributed by atoms with Crippen LogP contribution >= 0.6 is 11.6 Å². The zero-order chi connectivity index (χ0) is 11.5. The molecule has 0 bridgehead atoms. The molecule has 2 N–H and O–H groups in total. The lowest BCUT2D eigenvalue weighted by atomic mass is 10.1. The molecule has 1 heterocycles. The Balaban J connectivity index is 2.75. The second kappa shape index (κ2) is 4.55. The van der Waals surface area contributed by atoms with Crippen LogP contribution in [-0.2, 0) is 4.79 Å². The fourth-order valence-corrected chi connectivity index (χ4v) is 0.905. The van der Waals surface area contributed by atoms with Crippen LogP contribution in [-0.4, -0.2) is 28.5 Å². The van der Waals surface area contributed by atoms with Gasteiger partial charge in [0.25, 0.3) is 0 Å². The monoisotopic (exact) mass is 228 g/mol. The van der Waals surface area contributed by atoms with Crippen molar-refractivity contribution in [2.75, 3.05) is 12.4 Å². The van der Waals surface area contributed by atoms with E-state index < -0.39 is 5.54 Å². The van der Waals surface area contributed by atoms with Crippen molar-refractivity contribution in [3.05, 3.63) is 17.4 Å². The van der Waals surface area contributed by atoms with Crippen LogP contribution < -0.4 is 10.6 Å². The quantitative estimate of drug-likeness (QED) is 0.760. The maximum absolute atomic E-state index is 11.7. The lowest BCUT2D eigenvalue weighted by Gasteiger charge is -2.21. The summed E-state index contributed by atoms with van der Waals surface area (Å²) >= 11 is 5.66. The second-order valence-electron chi connectivity index (χ2n) is 3.53. The molecule has 0 radical (unpaired) electrons. The highest BCUT2D eigenvalue weighted by Gasteiger charge is 2.25. The van der Waals surface area contributed by atoms with Gasteiger partial charge >= 0.3 is 0 Å². The van der Waals surface area contributed by atoms with Crippen LogP contribution in [0.15, 0.2) is 12.3 Å². The van der Waals surface area contributed by atoms with Crippen molar-refractivity contribution in [2.45, 2.75) is 19.4 Å². The third-order valence-electron chi connectivity index (χ3n) is 2.04. The van der Waals surface area contributed by atoms with Gasteiger partial charge in [-0.15, -0.1) is 0 Å². The van der Waals surface area contributed by atoms with Gasteiger partial charge in [0.05, 0.1) is 5.54 Å². The third-order valence-corrected chi connectivity index (χ3v) is 2.25. The largest absolute Gasteiger partial charge is 0.307 e. The minimum Gasteiger partial charge on any atom is -0.307 e. The molecule has 1 amide bonds. The summed E-state index contributed by atoms with van der Waals surface area (Å²) in [7, 11) is 1.71. The third kappa shape index (κ3) is 3.14. The Morgan fingerprint density at radius 1 is 1.53 bits per heavy atom. The zero-order valence-electron chi connectivity index (χ0n) is 8.84. The average Bonchev–Trinajstić information content (AvgIpc) is 2.17. The van der Waals surface area contributed by atoms with Crippen LogP contribution in [0.4, 0.5) is 5.95 Å². The lowest BCUT2D eigenvalue weighted by molar-refractivity contribution is -0.121. The van der Waals surface area contributed by atoms with Gasteiger partial charge in [-0.1, -0.05) is 11.6 Å². The summed E-state index contributed by atoms with van der Waals surface area (Å²) in [5.41, 5.74) is -0.675. The van der Waals surface area contributed by atoms with E-state index in [1.165, 1.54) is 6.20 Å². The minimum atomic E-state index is -0.675. The number of nitrogens with one attached hydrogen (secondary N) is 2. The van der Waals surface area contributed by atoms with E-state index in [1.807, 2.05) is 0 Å². The highest BCUT2D eigenvalue weighted by atomic mass is 35.5. The van der Waals surface area contributed by atoms with Gasteiger partial charge in [-0.25, -0.2) is 9.97 Å². The van der Waals surface area contributed by atoms with E-state index in [0.717, 1.165) is 0 Å². The Hall–Kier alpha value is -1.20. The molecule has 0 aliphatic carbocycles. The van der Waals surface area contributed by atoms with Gasteiger partial charge in [-0.3, -0.25) is 10.1 Å². The molecule has 1 rings (SSSR count). The minimum absolute atomic E-state index is 0.204. The molecule has 15 heavy (non-hydrogen) atoms. The molecule has 1 aromatic rings. The van der Waals surface area contributed by atoms with Crippen LogP contribution in [0.5, 0.6) is 0 Å². The molecule has 0 saturated carbocycles. The van der Waals surface area contributed by atoms with E-state index in [4.69, 9.17) is 11.6 Å². The fourth-order valence-electron chi connectivity index (χ4n) is 0.768. The number of carbonyl (C=O) groups is 1. The molecular weight excluding hydrogens is 216 g/mol. The molecule has 1 aromatic heterocycles. The number of hydrogen-bond acceptors (Lipinski definition) is 4. The van der Waals surface area contributed by atoms with Crippen LogP contribution in [0, 0.1) is 0 Å². The summed E-state index contributed by atoms with van der Waals surface area (Å²) < 4.78 is 0. The van der Waals surface area contributed by atoms with E-state index in [0.29, 0.717) is 5.15 Å². The Bertz CT molecular complexity index is 367. The van der Waals surface area contributed by atoms with Crippen LogP contribution in [0.25, 0.3) is 0 Å². The topological polar surface area (TPSA) is 66.9 Å². The molecule has 0 atom stereocenters. The van der Waals surface area contributed by atoms with Gasteiger partial charge in [0.2, 0.25) is 11.9 Å². The van der Waals surface area contributed by atoms with Crippen molar-refractivity contribution in [3.63, 3.8) is 0 Å². The molecule has 0 aromatic carbocycles. The Kier molecular flexibility index (Phi) is 3.60. The molecule has 0 unspecified atom stereocenters. The Labute approximate surface area is 93.3 Å². The first-order valence-corrected chi connectivity index (χ1v) is 4.82. The number of anilines is 1. The Morgan fingerprint density at radius 2 is 2.20 bits per heavy atom. The highest BCUT2D eigenvalue weighted by molar-refractivity contribution is 6.29. The first-order chi connectivity index (χ1) is 6.95. The molecule has 5 nitrogen and oxygen atoms in total. The standard InChI is InChI=1S/C9H13ClN4O/c1-9(2,11-3)7(15)14-8-12-5-4-6(10)13-8/h4-5,11H,1-3H3,(H,12,13,14,15). The van der Waals surface area contributed by atoms with E-state index in [1.54, 1.807) is 27.0 Å². The smallest absolute Gasteiger partial charge is 0.246 e. The summed E-state index contributed by atoms with van der Waals surface area (Å²) in [4.78, 5) is 19.4. The molecule has 0 aliphatic rings. The Morgan fingerprint density at radius 3 is 2.73 bits per heavy atom. The van der Waals surface area contributed by atoms with Crippen molar-refractivity contribution in [1.82, 2.24) is 15.3 Å². The van der Waals surface area contributed by atoms with Crippen molar-refractivity contribution in [1.29, 1.82) is 0 Å². The number of carbonyl (C=O) groups excluding carboxylic acids is 1. The van der Waals surface area contributed by atoms with Crippen molar-refractivity contribution in [2.24, 2.45) is 0 Å².